The normalized spacial score (nSPS) is 12.7. The van der Waals surface area contributed by atoms with Crippen LogP contribution in [0.4, 0.5) is 0 Å². The SMILES string of the molecule is Cc1ccccc1CC(c1ccccc1)N(C)C. The second-order valence-electron chi connectivity index (χ2n) is 5.02. The van der Waals surface area contributed by atoms with E-state index in [-0.39, 0.29) is 0 Å². The predicted molar refractivity (Wildman–Crippen MR) is 77.8 cm³/mol. The molecule has 0 amide bonds. The van der Waals surface area contributed by atoms with Gasteiger partial charge in [-0.2, -0.15) is 0 Å². The molecule has 1 nitrogen and oxygen atoms in total. The van der Waals surface area contributed by atoms with E-state index in [9.17, 15) is 0 Å². The molecule has 0 bridgehead atoms. The number of likely N-dealkylation sites (N-methyl/N-ethyl adjacent to an activating group) is 1. The summed E-state index contributed by atoms with van der Waals surface area (Å²) in [5.41, 5.74) is 4.19. The minimum atomic E-state index is 0.437. The lowest BCUT2D eigenvalue weighted by atomic mass is 9.95. The molecular weight excluding hydrogens is 218 g/mol. The molecular formula is C17H21N. The van der Waals surface area contributed by atoms with Gasteiger partial charge in [0.2, 0.25) is 0 Å². The Morgan fingerprint density at radius 3 is 2.11 bits per heavy atom. The fraction of sp³-hybridized carbons (Fsp3) is 0.294. The number of aryl methyl sites for hydroxylation is 1. The predicted octanol–water partition coefficient (Wildman–Crippen LogP) is 3.84. The largest absolute Gasteiger partial charge is 0.302 e. The van der Waals surface area contributed by atoms with Gasteiger partial charge in [0.25, 0.3) is 0 Å². The molecule has 0 N–H and O–H groups in total. The fourth-order valence-corrected chi connectivity index (χ4v) is 2.32. The van der Waals surface area contributed by atoms with E-state index in [1.54, 1.807) is 0 Å². The van der Waals surface area contributed by atoms with Crippen LogP contribution in [0, 0.1) is 6.92 Å². The Bertz CT molecular complexity index is 488. The minimum Gasteiger partial charge on any atom is -0.302 e. The molecule has 0 aliphatic heterocycles. The molecule has 0 radical (unpaired) electrons. The van der Waals surface area contributed by atoms with Crippen LogP contribution in [0.3, 0.4) is 0 Å². The molecule has 2 aromatic rings. The van der Waals surface area contributed by atoms with Crippen molar-refractivity contribution in [3.05, 3.63) is 71.3 Å². The number of hydrogen-bond acceptors (Lipinski definition) is 1. The molecule has 0 heterocycles. The first-order valence-corrected chi connectivity index (χ1v) is 6.44. The van der Waals surface area contributed by atoms with Gasteiger partial charge in [-0.1, -0.05) is 54.6 Å². The van der Waals surface area contributed by atoms with Gasteiger partial charge in [-0.3, -0.25) is 0 Å². The second-order valence-corrected chi connectivity index (χ2v) is 5.02. The molecule has 0 saturated heterocycles. The summed E-state index contributed by atoms with van der Waals surface area (Å²) in [5.74, 6) is 0. The van der Waals surface area contributed by atoms with E-state index in [1.165, 1.54) is 16.7 Å². The summed E-state index contributed by atoms with van der Waals surface area (Å²) in [5, 5.41) is 0. The van der Waals surface area contributed by atoms with E-state index >= 15 is 0 Å². The zero-order valence-corrected chi connectivity index (χ0v) is 11.4. The number of benzene rings is 2. The van der Waals surface area contributed by atoms with Gasteiger partial charge in [0.05, 0.1) is 0 Å². The van der Waals surface area contributed by atoms with E-state index in [2.05, 4.69) is 80.5 Å². The molecule has 0 aliphatic rings. The van der Waals surface area contributed by atoms with Crippen molar-refractivity contribution in [1.82, 2.24) is 4.90 Å². The maximum Gasteiger partial charge on any atom is 0.0382 e. The van der Waals surface area contributed by atoms with Gasteiger partial charge in [-0.25, -0.2) is 0 Å². The van der Waals surface area contributed by atoms with Crippen LogP contribution in [-0.2, 0) is 6.42 Å². The Labute approximate surface area is 110 Å². The minimum absolute atomic E-state index is 0.437. The Morgan fingerprint density at radius 1 is 0.889 bits per heavy atom. The van der Waals surface area contributed by atoms with Gasteiger partial charge in [-0.15, -0.1) is 0 Å². The zero-order chi connectivity index (χ0) is 13.0. The lowest BCUT2D eigenvalue weighted by molar-refractivity contribution is 0.297. The van der Waals surface area contributed by atoms with Crippen molar-refractivity contribution in [1.29, 1.82) is 0 Å². The summed E-state index contributed by atoms with van der Waals surface area (Å²) in [6, 6.07) is 19.8. The van der Waals surface area contributed by atoms with Crippen molar-refractivity contribution in [2.24, 2.45) is 0 Å². The van der Waals surface area contributed by atoms with Crippen molar-refractivity contribution >= 4 is 0 Å². The molecule has 0 spiro atoms. The third-order valence-corrected chi connectivity index (χ3v) is 3.48. The molecule has 2 aromatic carbocycles. The van der Waals surface area contributed by atoms with Crippen LogP contribution in [0.15, 0.2) is 54.6 Å². The highest BCUT2D eigenvalue weighted by molar-refractivity contribution is 5.29. The molecule has 94 valence electrons. The first kappa shape index (κ1) is 12.8. The molecule has 0 aromatic heterocycles. The van der Waals surface area contributed by atoms with Crippen LogP contribution in [0.5, 0.6) is 0 Å². The lowest BCUT2D eigenvalue weighted by Crippen LogP contribution is -2.22. The number of nitrogens with zero attached hydrogens (tertiary/aromatic N) is 1. The van der Waals surface area contributed by atoms with E-state index in [4.69, 9.17) is 0 Å². The molecule has 1 atom stereocenters. The van der Waals surface area contributed by atoms with Gasteiger partial charge in [0.1, 0.15) is 0 Å². The van der Waals surface area contributed by atoms with Crippen LogP contribution in [0.2, 0.25) is 0 Å². The van der Waals surface area contributed by atoms with Crippen LogP contribution in [0.25, 0.3) is 0 Å². The third-order valence-electron chi connectivity index (χ3n) is 3.48. The molecule has 0 saturated carbocycles. The smallest absolute Gasteiger partial charge is 0.0382 e. The quantitative estimate of drug-likeness (QED) is 0.783. The van der Waals surface area contributed by atoms with E-state index in [0.717, 1.165) is 6.42 Å². The van der Waals surface area contributed by atoms with Gasteiger partial charge in [-0.05, 0) is 44.1 Å². The summed E-state index contributed by atoms with van der Waals surface area (Å²) in [7, 11) is 4.30. The Kier molecular flexibility index (Phi) is 4.16. The van der Waals surface area contributed by atoms with Gasteiger partial charge < -0.3 is 4.90 Å². The highest BCUT2D eigenvalue weighted by Gasteiger charge is 2.15. The van der Waals surface area contributed by atoms with Crippen molar-refractivity contribution in [3.63, 3.8) is 0 Å². The Hall–Kier alpha value is -1.60. The standard InChI is InChI=1S/C17H21N/c1-14-9-7-8-12-16(14)13-17(18(2)3)15-10-5-4-6-11-15/h4-12,17H,13H2,1-3H3. The summed E-state index contributed by atoms with van der Waals surface area (Å²) in [4.78, 5) is 2.29. The topological polar surface area (TPSA) is 3.24 Å². The average Bonchev–Trinajstić information content (AvgIpc) is 2.38. The first-order valence-electron chi connectivity index (χ1n) is 6.44. The van der Waals surface area contributed by atoms with E-state index < -0.39 is 0 Å². The highest BCUT2D eigenvalue weighted by Crippen LogP contribution is 2.24. The number of hydrogen-bond donors (Lipinski definition) is 0. The summed E-state index contributed by atoms with van der Waals surface area (Å²) in [6.07, 6.45) is 1.06. The second kappa shape index (κ2) is 5.83. The molecule has 2 rings (SSSR count). The molecule has 1 unspecified atom stereocenters. The van der Waals surface area contributed by atoms with Crippen LogP contribution >= 0.6 is 0 Å². The van der Waals surface area contributed by atoms with Gasteiger partial charge in [0.15, 0.2) is 0 Å². The zero-order valence-electron chi connectivity index (χ0n) is 11.4. The van der Waals surface area contributed by atoms with Crippen molar-refractivity contribution in [2.75, 3.05) is 14.1 Å². The fourth-order valence-electron chi connectivity index (χ4n) is 2.32. The van der Waals surface area contributed by atoms with Crippen LogP contribution in [0.1, 0.15) is 22.7 Å². The van der Waals surface area contributed by atoms with E-state index in [1.807, 2.05) is 0 Å². The van der Waals surface area contributed by atoms with Crippen molar-refractivity contribution in [3.8, 4) is 0 Å². The maximum atomic E-state index is 2.29. The molecule has 18 heavy (non-hydrogen) atoms. The van der Waals surface area contributed by atoms with Crippen LogP contribution in [-0.4, -0.2) is 19.0 Å². The third kappa shape index (κ3) is 2.99. The first-order chi connectivity index (χ1) is 8.68. The lowest BCUT2D eigenvalue weighted by Gasteiger charge is -2.25. The van der Waals surface area contributed by atoms with Crippen LogP contribution < -0.4 is 0 Å². The highest BCUT2D eigenvalue weighted by atomic mass is 15.1. The monoisotopic (exact) mass is 239 g/mol. The van der Waals surface area contributed by atoms with Crippen molar-refractivity contribution < 1.29 is 0 Å². The number of rotatable bonds is 4. The average molecular weight is 239 g/mol. The Morgan fingerprint density at radius 2 is 1.50 bits per heavy atom. The molecule has 0 fully saturated rings. The maximum absolute atomic E-state index is 2.29. The van der Waals surface area contributed by atoms with Gasteiger partial charge >= 0.3 is 0 Å². The van der Waals surface area contributed by atoms with Crippen molar-refractivity contribution in [2.45, 2.75) is 19.4 Å². The van der Waals surface area contributed by atoms with E-state index in [0.29, 0.717) is 6.04 Å². The summed E-state index contributed by atoms with van der Waals surface area (Å²) in [6.45, 7) is 2.19. The molecule has 0 aliphatic carbocycles. The molecule has 1 heteroatoms. The Balaban J connectivity index is 2.26. The summed E-state index contributed by atoms with van der Waals surface area (Å²) >= 11 is 0. The van der Waals surface area contributed by atoms with Gasteiger partial charge in [0, 0.05) is 6.04 Å². The summed E-state index contributed by atoms with van der Waals surface area (Å²) < 4.78 is 0.